The largest absolute Gasteiger partial charge is 0.416 e. The van der Waals surface area contributed by atoms with Crippen LogP contribution in [-0.2, 0) is 6.18 Å². The zero-order valence-corrected chi connectivity index (χ0v) is 12.0. The van der Waals surface area contributed by atoms with Gasteiger partial charge in [-0.15, -0.1) is 0 Å². The van der Waals surface area contributed by atoms with Crippen LogP contribution < -0.4 is 4.90 Å². The summed E-state index contributed by atoms with van der Waals surface area (Å²) in [5.74, 6) is 0.411. The lowest BCUT2D eigenvalue weighted by atomic mass is 9.82. The zero-order valence-electron chi connectivity index (χ0n) is 10.4. The number of aliphatic hydroxyl groups excluding tert-OH is 1. The summed E-state index contributed by atoms with van der Waals surface area (Å²) in [5, 5.41) is 9.23. The second-order valence-corrected chi connectivity index (χ2v) is 5.89. The molecule has 106 valence electrons. The van der Waals surface area contributed by atoms with Crippen molar-refractivity contribution in [2.45, 2.75) is 25.1 Å². The van der Waals surface area contributed by atoms with Crippen molar-refractivity contribution in [3.05, 3.63) is 28.2 Å². The lowest BCUT2D eigenvalue weighted by Gasteiger charge is -2.35. The average Bonchev–Trinajstić information content (AvgIpc) is 2.25. The normalized spacial score (nSPS) is 23.1. The van der Waals surface area contributed by atoms with Gasteiger partial charge in [0, 0.05) is 18.1 Å². The molecule has 0 unspecified atom stereocenters. The molecule has 1 fully saturated rings. The Morgan fingerprint density at radius 3 is 2.47 bits per heavy atom. The maximum atomic E-state index is 12.6. The Labute approximate surface area is 118 Å². The van der Waals surface area contributed by atoms with E-state index in [-0.39, 0.29) is 6.10 Å². The van der Waals surface area contributed by atoms with Gasteiger partial charge in [0.05, 0.1) is 17.4 Å². The summed E-state index contributed by atoms with van der Waals surface area (Å²) < 4.78 is 38.1. The maximum absolute atomic E-state index is 12.6. The van der Waals surface area contributed by atoms with Crippen LogP contribution in [0.25, 0.3) is 0 Å². The molecule has 19 heavy (non-hydrogen) atoms. The number of rotatable bonds is 3. The van der Waals surface area contributed by atoms with Crippen molar-refractivity contribution in [1.82, 2.24) is 0 Å². The van der Waals surface area contributed by atoms with E-state index < -0.39 is 11.7 Å². The lowest BCUT2D eigenvalue weighted by molar-refractivity contribution is -0.137. The van der Waals surface area contributed by atoms with Gasteiger partial charge in [-0.1, -0.05) is 0 Å². The molecular weight excluding hydrogens is 323 g/mol. The Morgan fingerprint density at radius 1 is 1.37 bits per heavy atom. The highest BCUT2D eigenvalue weighted by Crippen LogP contribution is 2.36. The molecule has 1 aromatic rings. The molecule has 0 saturated heterocycles. The van der Waals surface area contributed by atoms with E-state index in [2.05, 4.69) is 15.9 Å². The van der Waals surface area contributed by atoms with Gasteiger partial charge in [-0.05, 0) is 52.9 Å². The van der Waals surface area contributed by atoms with Crippen molar-refractivity contribution in [2.24, 2.45) is 5.92 Å². The number of halogens is 4. The van der Waals surface area contributed by atoms with Gasteiger partial charge < -0.3 is 10.0 Å². The van der Waals surface area contributed by atoms with Crippen molar-refractivity contribution >= 4 is 21.6 Å². The molecule has 1 aromatic carbocycles. The van der Waals surface area contributed by atoms with Gasteiger partial charge in [0.1, 0.15) is 0 Å². The zero-order chi connectivity index (χ0) is 14.2. The summed E-state index contributed by atoms with van der Waals surface area (Å²) in [7, 11) is 1.85. The summed E-state index contributed by atoms with van der Waals surface area (Å²) >= 11 is 3.19. The van der Waals surface area contributed by atoms with Crippen LogP contribution in [0.15, 0.2) is 22.7 Å². The molecule has 0 aliphatic heterocycles. The fourth-order valence-electron chi connectivity index (χ4n) is 2.33. The van der Waals surface area contributed by atoms with Crippen LogP contribution in [-0.4, -0.2) is 24.8 Å². The number of benzene rings is 1. The molecule has 0 radical (unpaired) electrons. The van der Waals surface area contributed by atoms with E-state index in [1.54, 1.807) is 0 Å². The van der Waals surface area contributed by atoms with Gasteiger partial charge >= 0.3 is 6.18 Å². The Bertz CT molecular complexity index is 458. The van der Waals surface area contributed by atoms with Gasteiger partial charge in [-0.25, -0.2) is 0 Å². The first kappa shape index (κ1) is 14.7. The lowest BCUT2D eigenvalue weighted by Crippen LogP contribution is -2.37. The standard InChI is InChI=1S/C13H15BrF3NO/c1-18(7-8-4-10(19)5-8)12-3-2-9(6-11(12)14)13(15,16)17/h2-3,6,8,10,19H,4-5,7H2,1H3. The molecule has 0 aromatic heterocycles. The number of nitrogens with zero attached hydrogens (tertiary/aromatic N) is 1. The van der Waals surface area contributed by atoms with E-state index in [9.17, 15) is 18.3 Å². The van der Waals surface area contributed by atoms with Gasteiger partial charge in [0.15, 0.2) is 0 Å². The molecule has 0 atom stereocenters. The minimum atomic E-state index is -4.32. The van der Waals surface area contributed by atoms with Crippen molar-refractivity contribution in [2.75, 3.05) is 18.5 Å². The molecule has 2 nitrogen and oxygen atoms in total. The fourth-order valence-corrected chi connectivity index (χ4v) is 3.01. The predicted molar refractivity (Wildman–Crippen MR) is 71.1 cm³/mol. The Morgan fingerprint density at radius 2 is 2.00 bits per heavy atom. The molecule has 0 heterocycles. The fraction of sp³-hybridized carbons (Fsp3) is 0.538. The highest BCUT2D eigenvalue weighted by atomic mass is 79.9. The average molecular weight is 338 g/mol. The number of hydrogen-bond donors (Lipinski definition) is 1. The number of hydrogen-bond acceptors (Lipinski definition) is 2. The second kappa shape index (κ2) is 5.32. The van der Waals surface area contributed by atoms with Crippen LogP contribution in [0.2, 0.25) is 0 Å². The Kier molecular flexibility index (Phi) is 4.11. The van der Waals surface area contributed by atoms with Crippen molar-refractivity contribution in [3.63, 3.8) is 0 Å². The number of alkyl halides is 3. The molecule has 1 N–H and O–H groups in total. The van der Waals surface area contributed by atoms with Crippen molar-refractivity contribution in [1.29, 1.82) is 0 Å². The maximum Gasteiger partial charge on any atom is 0.416 e. The summed E-state index contributed by atoms with van der Waals surface area (Å²) in [4.78, 5) is 1.92. The van der Waals surface area contributed by atoms with Crippen LogP contribution in [0.1, 0.15) is 18.4 Å². The first-order valence-corrected chi connectivity index (χ1v) is 6.82. The molecule has 0 spiro atoms. The molecule has 1 saturated carbocycles. The molecule has 1 aliphatic carbocycles. The minimum absolute atomic E-state index is 0.213. The van der Waals surface area contributed by atoms with Crippen LogP contribution in [0.3, 0.4) is 0 Å². The third-order valence-electron chi connectivity index (χ3n) is 3.43. The van der Waals surface area contributed by atoms with Crippen LogP contribution in [0.5, 0.6) is 0 Å². The van der Waals surface area contributed by atoms with Gasteiger partial charge in [0.2, 0.25) is 0 Å². The summed E-state index contributed by atoms with van der Waals surface area (Å²) in [6, 6.07) is 3.66. The minimum Gasteiger partial charge on any atom is -0.393 e. The Balaban J connectivity index is 2.08. The van der Waals surface area contributed by atoms with Crippen molar-refractivity contribution < 1.29 is 18.3 Å². The predicted octanol–water partition coefficient (Wildman–Crippen LogP) is 3.68. The third-order valence-corrected chi connectivity index (χ3v) is 4.06. The second-order valence-electron chi connectivity index (χ2n) is 5.04. The molecule has 6 heteroatoms. The highest BCUT2D eigenvalue weighted by Gasteiger charge is 2.32. The molecular formula is C13H15BrF3NO. The van der Waals surface area contributed by atoms with E-state index in [1.165, 1.54) is 6.07 Å². The Hall–Kier alpha value is -0.750. The molecule has 1 aliphatic rings. The van der Waals surface area contributed by atoms with Crippen LogP contribution in [0, 0.1) is 5.92 Å². The summed E-state index contributed by atoms with van der Waals surface area (Å²) in [5.41, 5.74) is 0.0741. The van der Waals surface area contributed by atoms with E-state index in [0.29, 0.717) is 10.4 Å². The highest BCUT2D eigenvalue weighted by molar-refractivity contribution is 9.10. The van der Waals surface area contributed by atoms with E-state index >= 15 is 0 Å². The quantitative estimate of drug-likeness (QED) is 0.909. The van der Waals surface area contributed by atoms with Gasteiger partial charge in [-0.2, -0.15) is 13.2 Å². The molecule has 2 rings (SSSR count). The number of anilines is 1. The number of aliphatic hydroxyl groups is 1. The monoisotopic (exact) mass is 337 g/mol. The third kappa shape index (κ3) is 3.42. The molecule has 0 amide bonds. The van der Waals surface area contributed by atoms with Crippen molar-refractivity contribution in [3.8, 4) is 0 Å². The first-order chi connectivity index (χ1) is 8.77. The summed E-state index contributed by atoms with van der Waals surface area (Å²) in [6.45, 7) is 0.737. The first-order valence-electron chi connectivity index (χ1n) is 6.03. The van der Waals surface area contributed by atoms with Crippen LogP contribution >= 0.6 is 15.9 Å². The van der Waals surface area contributed by atoms with E-state index in [1.807, 2.05) is 11.9 Å². The van der Waals surface area contributed by atoms with Gasteiger partial charge in [-0.3, -0.25) is 0 Å². The topological polar surface area (TPSA) is 23.5 Å². The van der Waals surface area contributed by atoms with Crippen LogP contribution in [0.4, 0.5) is 18.9 Å². The molecule has 0 bridgehead atoms. The summed E-state index contributed by atoms with van der Waals surface area (Å²) in [6.07, 6.45) is -3.00. The van der Waals surface area contributed by atoms with Gasteiger partial charge in [0.25, 0.3) is 0 Å². The SMILES string of the molecule is CN(CC1CC(O)C1)c1ccc(C(F)(F)F)cc1Br. The smallest absolute Gasteiger partial charge is 0.393 e. The van der Waals surface area contributed by atoms with E-state index in [4.69, 9.17) is 0 Å². The van der Waals surface area contributed by atoms with E-state index in [0.717, 1.165) is 37.2 Å².